The minimum Gasteiger partial charge on any atom is -0.348 e. The molecule has 1 aliphatic carbocycles. The maximum Gasteiger partial charge on any atom is 0.262 e. The van der Waals surface area contributed by atoms with Crippen molar-refractivity contribution in [3.63, 3.8) is 0 Å². The second kappa shape index (κ2) is 9.04. The van der Waals surface area contributed by atoms with Crippen LogP contribution in [0, 0.1) is 0 Å². The minimum atomic E-state index is -0.455. The molecule has 0 saturated heterocycles. The number of likely N-dealkylation sites (N-methyl/N-ethyl adjacent to an activating group) is 1. The van der Waals surface area contributed by atoms with Gasteiger partial charge in [-0.2, -0.15) is 0 Å². The number of para-hydroxylation sites is 1. The number of aromatic nitrogens is 2. The van der Waals surface area contributed by atoms with Crippen LogP contribution in [0.2, 0.25) is 0 Å². The number of nitrogens with zero attached hydrogens (tertiary/aromatic N) is 3. The number of carbonyl (C=O) groups excluding carboxylic acids is 1. The lowest BCUT2D eigenvalue weighted by atomic mass is 9.95. The fraction of sp³-hybridized carbons (Fsp3) is 0.375. The maximum absolute atomic E-state index is 13.5. The van der Waals surface area contributed by atoms with Gasteiger partial charge >= 0.3 is 0 Å². The van der Waals surface area contributed by atoms with E-state index < -0.39 is 5.25 Å². The molecule has 2 aromatic carbocycles. The normalized spacial score (nSPS) is 15.8. The van der Waals surface area contributed by atoms with E-state index in [0.29, 0.717) is 16.1 Å². The number of thioether (sulfide) groups is 1. The Kier molecular flexibility index (Phi) is 6.23. The predicted octanol–water partition coefficient (Wildman–Crippen LogP) is 4.82. The van der Waals surface area contributed by atoms with Gasteiger partial charge in [-0.25, -0.2) is 4.98 Å². The maximum atomic E-state index is 13.5. The Labute approximate surface area is 181 Å². The van der Waals surface area contributed by atoms with Crippen molar-refractivity contribution in [3.8, 4) is 0 Å². The molecule has 0 N–H and O–H groups in total. The first-order valence-electron chi connectivity index (χ1n) is 10.5. The third kappa shape index (κ3) is 4.15. The molecule has 0 bridgehead atoms. The summed E-state index contributed by atoms with van der Waals surface area (Å²) in [6, 6.07) is 17.4. The summed E-state index contributed by atoms with van der Waals surface area (Å²) < 4.78 is 1.87. The molecular formula is C24H27N3O2S. The van der Waals surface area contributed by atoms with Crippen molar-refractivity contribution in [2.45, 2.75) is 48.6 Å². The van der Waals surface area contributed by atoms with E-state index in [9.17, 15) is 9.59 Å². The molecule has 3 aromatic rings. The fourth-order valence-corrected chi connectivity index (χ4v) is 5.41. The fourth-order valence-electron chi connectivity index (χ4n) is 4.10. The summed E-state index contributed by atoms with van der Waals surface area (Å²) in [7, 11) is 3.53. The summed E-state index contributed by atoms with van der Waals surface area (Å²) in [4.78, 5) is 33.0. The van der Waals surface area contributed by atoms with Gasteiger partial charge in [0.15, 0.2) is 5.16 Å². The highest BCUT2D eigenvalue weighted by molar-refractivity contribution is 8.00. The highest BCUT2D eigenvalue weighted by atomic mass is 32.2. The Morgan fingerprint density at radius 3 is 2.40 bits per heavy atom. The topological polar surface area (TPSA) is 55.2 Å². The van der Waals surface area contributed by atoms with Crippen LogP contribution in [0.4, 0.5) is 0 Å². The third-order valence-electron chi connectivity index (χ3n) is 5.71. The van der Waals surface area contributed by atoms with E-state index in [1.54, 1.807) is 19.0 Å². The molecule has 5 nitrogen and oxygen atoms in total. The molecule has 0 unspecified atom stereocenters. The first kappa shape index (κ1) is 20.7. The molecule has 1 aliphatic rings. The van der Waals surface area contributed by atoms with Crippen molar-refractivity contribution in [2.75, 3.05) is 14.1 Å². The largest absolute Gasteiger partial charge is 0.348 e. The van der Waals surface area contributed by atoms with E-state index in [4.69, 9.17) is 4.98 Å². The van der Waals surface area contributed by atoms with Crippen LogP contribution >= 0.6 is 11.8 Å². The van der Waals surface area contributed by atoms with E-state index in [-0.39, 0.29) is 17.5 Å². The highest BCUT2D eigenvalue weighted by Crippen LogP contribution is 2.38. The molecule has 1 saturated carbocycles. The van der Waals surface area contributed by atoms with Crippen molar-refractivity contribution in [3.05, 3.63) is 70.5 Å². The number of rotatable bonds is 5. The zero-order valence-electron chi connectivity index (χ0n) is 17.5. The molecule has 1 fully saturated rings. The van der Waals surface area contributed by atoms with Crippen LogP contribution in [0.5, 0.6) is 0 Å². The predicted molar refractivity (Wildman–Crippen MR) is 122 cm³/mol. The monoisotopic (exact) mass is 421 g/mol. The van der Waals surface area contributed by atoms with Gasteiger partial charge < -0.3 is 4.90 Å². The standard InChI is InChI=1S/C24H27N3O2S/c1-26(2)23(29)21(17-11-5-3-6-12-17)30-24-25-20-16-10-9-15-19(20)22(28)27(24)18-13-7-4-8-14-18/h3,5-6,9-12,15-16,18,21H,4,7-8,13-14H2,1-2H3/t21-/m1/s1. The molecule has 4 rings (SSSR count). The average molecular weight is 422 g/mol. The Morgan fingerprint density at radius 1 is 1.03 bits per heavy atom. The van der Waals surface area contributed by atoms with Crippen LogP contribution < -0.4 is 5.56 Å². The summed E-state index contributed by atoms with van der Waals surface area (Å²) in [6.45, 7) is 0. The van der Waals surface area contributed by atoms with Gasteiger partial charge in [-0.15, -0.1) is 0 Å². The van der Waals surface area contributed by atoms with Crippen LogP contribution in [0.25, 0.3) is 10.9 Å². The molecule has 156 valence electrons. The number of benzene rings is 2. The van der Waals surface area contributed by atoms with Gasteiger partial charge in [-0.3, -0.25) is 14.2 Å². The first-order valence-corrected chi connectivity index (χ1v) is 11.4. The smallest absolute Gasteiger partial charge is 0.262 e. The van der Waals surface area contributed by atoms with E-state index in [0.717, 1.165) is 31.2 Å². The second-order valence-electron chi connectivity index (χ2n) is 8.02. The summed E-state index contributed by atoms with van der Waals surface area (Å²) in [5, 5.41) is 0.821. The van der Waals surface area contributed by atoms with Gasteiger partial charge in [0.2, 0.25) is 5.91 Å². The van der Waals surface area contributed by atoms with E-state index in [1.807, 2.05) is 59.2 Å². The summed E-state index contributed by atoms with van der Waals surface area (Å²) in [6.07, 6.45) is 5.40. The molecule has 0 radical (unpaired) electrons. The SMILES string of the molecule is CN(C)C(=O)[C@H](Sc1nc2ccccc2c(=O)n1C1CCCCC1)c1ccccc1. The summed E-state index contributed by atoms with van der Waals surface area (Å²) >= 11 is 1.39. The quantitative estimate of drug-likeness (QED) is 0.438. The van der Waals surface area contributed by atoms with Crippen LogP contribution in [0.3, 0.4) is 0 Å². The Balaban J connectivity index is 1.85. The number of carbonyl (C=O) groups is 1. The summed E-state index contributed by atoms with van der Waals surface area (Å²) in [5.41, 5.74) is 1.60. The zero-order chi connectivity index (χ0) is 21.1. The molecule has 1 aromatic heterocycles. The van der Waals surface area contributed by atoms with Gasteiger partial charge in [0.25, 0.3) is 5.56 Å². The Hall–Kier alpha value is -2.60. The summed E-state index contributed by atoms with van der Waals surface area (Å²) in [5.74, 6) is -0.0104. The van der Waals surface area contributed by atoms with E-state index in [2.05, 4.69) is 0 Å². The zero-order valence-corrected chi connectivity index (χ0v) is 18.3. The highest BCUT2D eigenvalue weighted by Gasteiger charge is 2.28. The second-order valence-corrected chi connectivity index (χ2v) is 9.09. The molecule has 1 atom stereocenters. The van der Waals surface area contributed by atoms with Crippen molar-refractivity contribution in [1.29, 1.82) is 0 Å². The van der Waals surface area contributed by atoms with Crippen molar-refractivity contribution >= 4 is 28.6 Å². The number of amides is 1. The van der Waals surface area contributed by atoms with Gasteiger partial charge in [0, 0.05) is 20.1 Å². The number of fused-ring (bicyclic) bond motifs is 1. The first-order chi connectivity index (χ1) is 14.6. The lowest BCUT2D eigenvalue weighted by Crippen LogP contribution is -2.31. The molecule has 0 aliphatic heterocycles. The molecule has 6 heteroatoms. The Morgan fingerprint density at radius 2 is 1.70 bits per heavy atom. The molecule has 1 amide bonds. The molecule has 30 heavy (non-hydrogen) atoms. The lowest BCUT2D eigenvalue weighted by Gasteiger charge is -2.28. The minimum absolute atomic E-state index is 0.000821. The lowest BCUT2D eigenvalue weighted by molar-refractivity contribution is -0.128. The van der Waals surface area contributed by atoms with Crippen LogP contribution in [-0.2, 0) is 4.79 Å². The van der Waals surface area contributed by atoms with Gasteiger partial charge in [-0.1, -0.05) is 73.5 Å². The van der Waals surface area contributed by atoms with Gasteiger partial charge in [0.1, 0.15) is 5.25 Å². The van der Waals surface area contributed by atoms with Crippen LogP contribution in [-0.4, -0.2) is 34.5 Å². The van der Waals surface area contributed by atoms with Gasteiger partial charge in [-0.05, 0) is 30.5 Å². The van der Waals surface area contributed by atoms with Gasteiger partial charge in [0.05, 0.1) is 10.9 Å². The van der Waals surface area contributed by atoms with Crippen LogP contribution in [0.1, 0.15) is 49.0 Å². The van der Waals surface area contributed by atoms with Crippen LogP contribution in [0.15, 0.2) is 64.5 Å². The third-order valence-corrected chi connectivity index (χ3v) is 6.91. The molecule has 1 heterocycles. The number of hydrogen-bond donors (Lipinski definition) is 0. The van der Waals surface area contributed by atoms with E-state index >= 15 is 0 Å². The average Bonchev–Trinajstić information content (AvgIpc) is 2.78. The molecular weight excluding hydrogens is 394 g/mol. The van der Waals surface area contributed by atoms with Crippen molar-refractivity contribution in [1.82, 2.24) is 14.5 Å². The molecule has 0 spiro atoms. The van der Waals surface area contributed by atoms with E-state index in [1.165, 1.54) is 18.2 Å². The Bertz CT molecular complexity index is 1090. The van der Waals surface area contributed by atoms with Crippen molar-refractivity contribution in [2.24, 2.45) is 0 Å². The van der Waals surface area contributed by atoms with Crippen molar-refractivity contribution < 1.29 is 4.79 Å². The number of hydrogen-bond acceptors (Lipinski definition) is 4.